The Kier molecular flexibility index (Phi) is 8.40. The number of carbonyl (C=O) groups is 1. The summed E-state index contributed by atoms with van der Waals surface area (Å²) < 4.78 is 27.4. The molecule has 3 aliphatic rings. The maximum absolute atomic E-state index is 12.9. The van der Waals surface area contributed by atoms with E-state index < -0.39 is 9.84 Å². The fraction of sp³-hybridized carbons (Fsp3) is 0.531. The van der Waals surface area contributed by atoms with Gasteiger partial charge in [0.1, 0.15) is 0 Å². The topological polar surface area (TPSA) is 101 Å². The molecule has 0 spiro atoms. The third kappa shape index (κ3) is 6.55. The van der Waals surface area contributed by atoms with Crippen molar-refractivity contribution in [2.45, 2.75) is 95.3 Å². The van der Waals surface area contributed by atoms with Crippen molar-refractivity contribution in [2.24, 2.45) is 11.8 Å². The smallest absolute Gasteiger partial charge is 0.251 e. The highest BCUT2D eigenvalue weighted by atomic mass is 32.2. The Morgan fingerprint density at radius 1 is 1.07 bits per heavy atom. The highest BCUT2D eigenvalue weighted by Gasteiger charge is 2.36. The summed E-state index contributed by atoms with van der Waals surface area (Å²) in [6.07, 6.45) is 9.68. The largest absolute Gasteiger partial charge is 0.312 e. The van der Waals surface area contributed by atoms with Crippen molar-refractivity contribution in [3.8, 4) is 0 Å². The zero-order chi connectivity index (χ0) is 29.4. The number of nitrogens with zero attached hydrogens (tertiary/aromatic N) is 3. The molecule has 224 valence electrons. The Balaban J connectivity index is 1.05. The van der Waals surface area contributed by atoms with Crippen molar-refractivity contribution < 1.29 is 13.2 Å². The molecular weight excluding hydrogens is 569 g/mol. The second-order valence-electron chi connectivity index (χ2n) is 12.6. The van der Waals surface area contributed by atoms with Crippen LogP contribution in [0.1, 0.15) is 92.6 Å². The molecule has 1 aromatic carbocycles. The van der Waals surface area contributed by atoms with Gasteiger partial charge in [-0.1, -0.05) is 51.7 Å². The summed E-state index contributed by atoms with van der Waals surface area (Å²) in [5.41, 5.74) is 2.85. The van der Waals surface area contributed by atoms with E-state index in [9.17, 15) is 18.0 Å². The second-order valence-corrected chi connectivity index (χ2v) is 15.8. The number of hydrogen-bond donors (Lipinski definition) is 1. The van der Waals surface area contributed by atoms with Crippen molar-refractivity contribution in [3.05, 3.63) is 74.6 Å². The Bertz CT molecular complexity index is 1600. The van der Waals surface area contributed by atoms with Gasteiger partial charge >= 0.3 is 0 Å². The number of carbonyl (C=O) groups excluding carboxylic acids is 1. The molecule has 2 saturated carbocycles. The van der Waals surface area contributed by atoms with Gasteiger partial charge in [0.25, 0.3) is 5.56 Å². The fourth-order valence-electron chi connectivity index (χ4n) is 6.53. The van der Waals surface area contributed by atoms with Gasteiger partial charge in [-0.25, -0.2) is 13.4 Å². The summed E-state index contributed by atoms with van der Waals surface area (Å²) >= 11 is 1.51. The molecule has 0 bridgehead atoms. The predicted molar refractivity (Wildman–Crippen MR) is 165 cm³/mol. The van der Waals surface area contributed by atoms with Gasteiger partial charge in [-0.3, -0.25) is 14.5 Å². The number of benzene rings is 1. The molecule has 0 saturated heterocycles. The van der Waals surface area contributed by atoms with E-state index in [1.165, 1.54) is 24.2 Å². The van der Waals surface area contributed by atoms with Crippen molar-refractivity contribution in [1.29, 1.82) is 0 Å². The molecule has 1 atom stereocenters. The van der Waals surface area contributed by atoms with Crippen LogP contribution in [0.25, 0.3) is 0 Å². The Labute approximate surface area is 252 Å². The van der Waals surface area contributed by atoms with E-state index in [1.54, 1.807) is 30.3 Å². The molecule has 8 nitrogen and oxygen atoms in total. The van der Waals surface area contributed by atoms with Crippen LogP contribution in [0.5, 0.6) is 0 Å². The maximum atomic E-state index is 12.9. The summed E-state index contributed by atoms with van der Waals surface area (Å²) in [6, 6.07) is 11.0. The first kappa shape index (κ1) is 29.3. The van der Waals surface area contributed by atoms with Gasteiger partial charge < -0.3 is 9.88 Å². The van der Waals surface area contributed by atoms with Crippen LogP contribution < -0.4 is 10.9 Å². The van der Waals surface area contributed by atoms with Gasteiger partial charge in [-0.05, 0) is 60.4 Å². The zero-order valence-electron chi connectivity index (χ0n) is 24.4. The molecule has 0 radical (unpaired) electrons. The average Bonchev–Trinajstić information content (AvgIpc) is 3.34. The number of nitrogens with one attached hydrogen (secondary N) is 1. The Hall–Kier alpha value is -2.82. The Morgan fingerprint density at radius 2 is 1.81 bits per heavy atom. The van der Waals surface area contributed by atoms with Crippen LogP contribution in [-0.4, -0.2) is 34.5 Å². The molecule has 2 fully saturated rings. The summed E-state index contributed by atoms with van der Waals surface area (Å²) in [5, 5.41) is 3.55. The summed E-state index contributed by atoms with van der Waals surface area (Å²) in [4.78, 5) is 34.1. The Morgan fingerprint density at radius 3 is 2.48 bits per heavy atom. The number of aromatic nitrogens is 2. The number of hydrogen-bond acceptors (Lipinski definition) is 7. The molecule has 0 unspecified atom stereocenters. The molecule has 3 heterocycles. The van der Waals surface area contributed by atoms with Crippen LogP contribution in [0, 0.1) is 11.8 Å². The minimum absolute atomic E-state index is 0.0729. The van der Waals surface area contributed by atoms with E-state index in [4.69, 9.17) is 4.98 Å². The number of rotatable bonds is 11. The molecule has 6 rings (SSSR count). The first-order valence-corrected chi connectivity index (χ1v) is 17.7. The van der Waals surface area contributed by atoms with Crippen LogP contribution >= 0.6 is 11.3 Å². The number of fused-ring (bicyclic) bond motifs is 1. The van der Waals surface area contributed by atoms with Gasteiger partial charge in [0.05, 0.1) is 28.8 Å². The number of sulfone groups is 1. The van der Waals surface area contributed by atoms with Crippen LogP contribution in [0.3, 0.4) is 0 Å². The average molecular weight is 609 g/mol. The molecule has 2 aliphatic carbocycles. The van der Waals surface area contributed by atoms with Crippen LogP contribution in [0.4, 0.5) is 5.13 Å². The quantitative estimate of drug-likeness (QED) is 0.291. The third-order valence-electron chi connectivity index (χ3n) is 8.88. The maximum Gasteiger partial charge on any atom is 0.251 e. The molecule has 10 heteroatoms. The lowest BCUT2D eigenvalue weighted by molar-refractivity contribution is -0.115. The number of amides is 1. The van der Waals surface area contributed by atoms with Crippen LogP contribution in [0.2, 0.25) is 0 Å². The molecule has 42 heavy (non-hydrogen) atoms. The van der Waals surface area contributed by atoms with Crippen LogP contribution in [-0.2, 0) is 34.1 Å². The minimum atomic E-state index is -3.31. The SMILES string of the molecule is CC(C)[C@H]1c2nc(NC(=O)Cc3ccc(S(=O)(=O)CCC4CCCC4)cc3)sc2CN1Cc1ccn(C2CC2)c(=O)c1. The normalized spacial score (nSPS) is 19.5. The lowest BCUT2D eigenvalue weighted by atomic mass is 10.0. The minimum Gasteiger partial charge on any atom is -0.312 e. The van der Waals surface area contributed by atoms with E-state index in [1.807, 2.05) is 10.8 Å². The van der Waals surface area contributed by atoms with Crippen molar-refractivity contribution >= 4 is 32.2 Å². The monoisotopic (exact) mass is 608 g/mol. The molecule has 3 aromatic rings. The van der Waals surface area contributed by atoms with E-state index in [2.05, 4.69) is 30.1 Å². The van der Waals surface area contributed by atoms with E-state index in [0.717, 1.165) is 60.3 Å². The first-order chi connectivity index (χ1) is 20.2. The van der Waals surface area contributed by atoms with Gasteiger partial charge in [0, 0.05) is 36.3 Å². The zero-order valence-corrected chi connectivity index (χ0v) is 26.1. The van der Waals surface area contributed by atoms with Crippen LogP contribution in [0.15, 0.2) is 52.3 Å². The number of thiazole rings is 1. The lowest BCUT2D eigenvalue weighted by Crippen LogP contribution is -2.27. The molecular formula is C32H40N4O4S2. The van der Waals surface area contributed by atoms with Gasteiger partial charge in [-0.15, -0.1) is 11.3 Å². The summed E-state index contributed by atoms with van der Waals surface area (Å²) in [6.45, 7) is 5.76. The third-order valence-corrected chi connectivity index (χ3v) is 11.6. The number of anilines is 1. The standard InChI is InChI=1S/C32H40N4O4S2/c1-21(2)31-30-27(20-35(31)19-24-13-15-36(25-9-10-25)29(38)18-24)41-32(34-30)33-28(37)17-23-7-11-26(12-8-23)42(39,40)16-14-22-5-3-4-6-22/h7-8,11-13,15,18,21-22,25,31H,3-6,9-10,14,16-17,19-20H2,1-2H3,(H,33,34,37)/t31-/m0/s1. The number of pyridine rings is 1. The highest BCUT2D eigenvalue weighted by Crippen LogP contribution is 2.43. The predicted octanol–water partition coefficient (Wildman–Crippen LogP) is 5.89. The van der Waals surface area contributed by atoms with E-state index >= 15 is 0 Å². The highest BCUT2D eigenvalue weighted by molar-refractivity contribution is 7.91. The van der Waals surface area contributed by atoms with Crippen molar-refractivity contribution in [2.75, 3.05) is 11.1 Å². The lowest BCUT2D eigenvalue weighted by Gasteiger charge is -2.27. The van der Waals surface area contributed by atoms with Gasteiger partial charge in [0.15, 0.2) is 15.0 Å². The second kappa shape index (κ2) is 12.1. The molecule has 2 aromatic heterocycles. The molecule has 1 N–H and O–H groups in total. The van der Waals surface area contributed by atoms with E-state index in [0.29, 0.717) is 34.4 Å². The van der Waals surface area contributed by atoms with Gasteiger partial charge in [-0.2, -0.15) is 0 Å². The fourth-order valence-corrected chi connectivity index (χ4v) is 9.00. The summed E-state index contributed by atoms with van der Waals surface area (Å²) in [5.74, 6) is 0.862. The van der Waals surface area contributed by atoms with Crippen molar-refractivity contribution in [1.82, 2.24) is 14.5 Å². The first-order valence-electron chi connectivity index (χ1n) is 15.2. The summed E-state index contributed by atoms with van der Waals surface area (Å²) in [7, 11) is -3.31. The van der Waals surface area contributed by atoms with Crippen molar-refractivity contribution in [3.63, 3.8) is 0 Å². The van der Waals surface area contributed by atoms with Gasteiger partial charge in [0.2, 0.25) is 5.91 Å². The molecule has 1 aliphatic heterocycles. The molecule has 1 amide bonds. The van der Waals surface area contributed by atoms with E-state index in [-0.39, 0.29) is 29.7 Å².